The fourth-order valence-corrected chi connectivity index (χ4v) is 3.89. The molecular weight excluding hydrogens is 252 g/mol. The van der Waals surface area contributed by atoms with E-state index in [1.54, 1.807) is 17.1 Å². The number of hydrogen-bond acceptors (Lipinski definition) is 4. The largest absolute Gasteiger partial charge is 0.396 e. The van der Waals surface area contributed by atoms with Gasteiger partial charge in [0.15, 0.2) is 0 Å². The third kappa shape index (κ3) is 3.33. The summed E-state index contributed by atoms with van der Waals surface area (Å²) in [5.41, 5.74) is 6.29. The highest BCUT2D eigenvalue weighted by Crippen LogP contribution is 2.35. The van der Waals surface area contributed by atoms with Gasteiger partial charge in [-0.25, -0.2) is 0 Å². The van der Waals surface area contributed by atoms with Gasteiger partial charge in [0.05, 0.1) is 24.5 Å². The van der Waals surface area contributed by atoms with Crippen molar-refractivity contribution in [3.8, 4) is 0 Å². The van der Waals surface area contributed by atoms with Crippen molar-refractivity contribution in [1.82, 2.24) is 14.7 Å². The van der Waals surface area contributed by atoms with E-state index < -0.39 is 0 Å². The number of nitrogen functional groups attached to an aromatic ring is 1. The SMILES string of the molecule is Nc1cnn(CC(O)CN2CCC3CCCCC3C2)c1. The average Bonchev–Trinajstić information content (AvgIpc) is 2.83. The van der Waals surface area contributed by atoms with Crippen LogP contribution < -0.4 is 5.73 Å². The zero-order chi connectivity index (χ0) is 13.9. The molecule has 2 aliphatic rings. The maximum atomic E-state index is 10.2. The molecule has 1 aromatic rings. The van der Waals surface area contributed by atoms with Crippen LogP contribution in [-0.4, -0.2) is 45.5 Å². The summed E-state index contributed by atoms with van der Waals surface area (Å²) in [6.07, 6.45) is 9.97. The van der Waals surface area contributed by atoms with E-state index in [0.29, 0.717) is 12.2 Å². The third-order valence-electron chi connectivity index (χ3n) is 4.90. The van der Waals surface area contributed by atoms with E-state index in [0.717, 1.165) is 24.9 Å². The fraction of sp³-hybridized carbons (Fsp3) is 0.800. The zero-order valence-electron chi connectivity index (χ0n) is 12.1. The predicted octanol–water partition coefficient (Wildman–Crippen LogP) is 1.34. The number of hydrogen-bond donors (Lipinski definition) is 2. The number of piperidine rings is 1. The summed E-state index contributed by atoms with van der Waals surface area (Å²) in [5.74, 6) is 1.81. The molecule has 1 aliphatic heterocycles. The minimum atomic E-state index is -0.366. The van der Waals surface area contributed by atoms with Gasteiger partial charge in [0.2, 0.25) is 0 Å². The lowest BCUT2D eigenvalue weighted by Crippen LogP contribution is -2.45. The number of aliphatic hydroxyl groups is 1. The molecule has 1 aliphatic carbocycles. The van der Waals surface area contributed by atoms with E-state index in [2.05, 4.69) is 10.00 Å². The molecule has 0 amide bonds. The summed E-state index contributed by atoms with van der Waals surface area (Å²) < 4.78 is 1.73. The molecule has 3 N–H and O–H groups in total. The second kappa shape index (κ2) is 6.14. The molecule has 1 aromatic heterocycles. The first-order valence-electron chi connectivity index (χ1n) is 7.89. The Morgan fingerprint density at radius 2 is 2.05 bits per heavy atom. The van der Waals surface area contributed by atoms with Crippen LogP contribution in [0.3, 0.4) is 0 Å². The second-order valence-electron chi connectivity index (χ2n) is 6.50. The lowest BCUT2D eigenvalue weighted by atomic mass is 9.75. The van der Waals surface area contributed by atoms with E-state index in [9.17, 15) is 5.11 Å². The van der Waals surface area contributed by atoms with Crippen molar-refractivity contribution in [3.05, 3.63) is 12.4 Å². The van der Waals surface area contributed by atoms with Crippen molar-refractivity contribution in [3.63, 3.8) is 0 Å². The van der Waals surface area contributed by atoms with Crippen molar-refractivity contribution in [2.24, 2.45) is 11.8 Å². The number of β-amino-alcohol motifs (C(OH)–C–C–N with tert-alkyl or cyclic N) is 1. The number of aromatic nitrogens is 2. The number of aliphatic hydroxyl groups excluding tert-OH is 1. The van der Waals surface area contributed by atoms with Gasteiger partial charge in [-0.1, -0.05) is 19.3 Å². The minimum absolute atomic E-state index is 0.366. The van der Waals surface area contributed by atoms with Crippen molar-refractivity contribution in [2.75, 3.05) is 25.4 Å². The van der Waals surface area contributed by atoms with Gasteiger partial charge in [-0.2, -0.15) is 5.10 Å². The Morgan fingerprint density at radius 1 is 1.25 bits per heavy atom. The predicted molar refractivity (Wildman–Crippen MR) is 79.2 cm³/mol. The van der Waals surface area contributed by atoms with Crippen LogP contribution in [0.4, 0.5) is 5.69 Å². The molecule has 3 unspecified atom stereocenters. The van der Waals surface area contributed by atoms with Crippen LogP contribution in [0.5, 0.6) is 0 Å². The highest BCUT2D eigenvalue weighted by molar-refractivity contribution is 5.30. The molecule has 3 atom stereocenters. The molecule has 2 fully saturated rings. The monoisotopic (exact) mass is 278 g/mol. The summed E-state index contributed by atoms with van der Waals surface area (Å²) in [6, 6.07) is 0. The van der Waals surface area contributed by atoms with Crippen molar-refractivity contribution < 1.29 is 5.11 Å². The molecule has 0 aromatic carbocycles. The maximum absolute atomic E-state index is 10.2. The second-order valence-corrected chi connectivity index (χ2v) is 6.50. The van der Waals surface area contributed by atoms with Gasteiger partial charge in [-0.15, -0.1) is 0 Å². The highest BCUT2D eigenvalue weighted by atomic mass is 16.3. The van der Waals surface area contributed by atoms with Crippen LogP contribution >= 0.6 is 0 Å². The Hall–Kier alpha value is -1.07. The first-order chi connectivity index (χ1) is 9.70. The summed E-state index contributed by atoms with van der Waals surface area (Å²) in [7, 11) is 0. The lowest BCUT2D eigenvalue weighted by Gasteiger charge is -2.41. The summed E-state index contributed by atoms with van der Waals surface area (Å²) in [4.78, 5) is 2.43. The van der Waals surface area contributed by atoms with Crippen LogP contribution in [0, 0.1) is 11.8 Å². The van der Waals surface area contributed by atoms with Crippen LogP contribution in [0.25, 0.3) is 0 Å². The van der Waals surface area contributed by atoms with Crippen LogP contribution in [-0.2, 0) is 6.54 Å². The van der Waals surface area contributed by atoms with Crippen molar-refractivity contribution in [1.29, 1.82) is 0 Å². The molecule has 20 heavy (non-hydrogen) atoms. The molecule has 112 valence electrons. The van der Waals surface area contributed by atoms with Gasteiger partial charge in [0.25, 0.3) is 0 Å². The topological polar surface area (TPSA) is 67.3 Å². The molecule has 0 radical (unpaired) electrons. The number of fused-ring (bicyclic) bond motifs is 1. The molecule has 3 rings (SSSR count). The Balaban J connectivity index is 1.48. The maximum Gasteiger partial charge on any atom is 0.0862 e. The number of rotatable bonds is 4. The average molecular weight is 278 g/mol. The third-order valence-corrected chi connectivity index (χ3v) is 4.90. The molecule has 0 spiro atoms. The van der Waals surface area contributed by atoms with Gasteiger partial charge in [0.1, 0.15) is 0 Å². The zero-order valence-corrected chi connectivity index (χ0v) is 12.1. The highest BCUT2D eigenvalue weighted by Gasteiger charge is 2.31. The normalized spacial score (nSPS) is 29.1. The van der Waals surface area contributed by atoms with Crippen LogP contribution in [0.1, 0.15) is 32.1 Å². The Labute approximate surface area is 120 Å². The van der Waals surface area contributed by atoms with Crippen LogP contribution in [0.2, 0.25) is 0 Å². The minimum Gasteiger partial charge on any atom is -0.396 e. The lowest BCUT2D eigenvalue weighted by molar-refractivity contribution is 0.0394. The molecule has 5 nitrogen and oxygen atoms in total. The summed E-state index contributed by atoms with van der Waals surface area (Å²) >= 11 is 0. The van der Waals surface area contributed by atoms with Crippen molar-refractivity contribution in [2.45, 2.75) is 44.8 Å². The smallest absolute Gasteiger partial charge is 0.0862 e. The van der Waals surface area contributed by atoms with Gasteiger partial charge in [0, 0.05) is 19.3 Å². The Kier molecular flexibility index (Phi) is 4.27. The Morgan fingerprint density at radius 3 is 2.80 bits per heavy atom. The quantitative estimate of drug-likeness (QED) is 0.872. The van der Waals surface area contributed by atoms with E-state index in [1.807, 2.05) is 0 Å². The van der Waals surface area contributed by atoms with E-state index >= 15 is 0 Å². The first kappa shape index (κ1) is 13.9. The number of anilines is 1. The van der Waals surface area contributed by atoms with E-state index in [1.165, 1.54) is 38.6 Å². The van der Waals surface area contributed by atoms with E-state index in [-0.39, 0.29) is 6.10 Å². The molecule has 2 heterocycles. The molecule has 5 heteroatoms. The van der Waals surface area contributed by atoms with Gasteiger partial charge in [-0.3, -0.25) is 4.68 Å². The Bertz CT molecular complexity index is 433. The number of likely N-dealkylation sites (tertiary alicyclic amines) is 1. The molecule has 1 saturated carbocycles. The fourth-order valence-electron chi connectivity index (χ4n) is 3.89. The van der Waals surface area contributed by atoms with Crippen LogP contribution in [0.15, 0.2) is 12.4 Å². The van der Waals surface area contributed by atoms with Crippen molar-refractivity contribution >= 4 is 5.69 Å². The van der Waals surface area contributed by atoms with Gasteiger partial charge < -0.3 is 15.7 Å². The summed E-state index contributed by atoms with van der Waals surface area (Å²) in [5, 5.41) is 14.3. The van der Waals surface area contributed by atoms with E-state index in [4.69, 9.17) is 5.73 Å². The number of nitrogens with zero attached hydrogens (tertiary/aromatic N) is 3. The molecular formula is C15H26N4O. The molecule has 1 saturated heterocycles. The number of nitrogens with two attached hydrogens (primary N) is 1. The van der Waals surface area contributed by atoms with Gasteiger partial charge >= 0.3 is 0 Å². The first-order valence-corrected chi connectivity index (χ1v) is 7.89. The standard InChI is InChI=1S/C15H26N4O/c16-14-7-17-19(9-14)11-15(20)10-18-6-5-12-3-1-2-4-13(12)8-18/h7,9,12-13,15,20H,1-6,8,10-11,16H2. The molecule has 0 bridgehead atoms. The summed E-state index contributed by atoms with van der Waals surface area (Å²) in [6.45, 7) is 3.59. The van der Waals surface area contributed by atoms with Gasteiger partial charge in [-0.05, 0) is 31.2 Å².